The molecule has 0 unspecified atom stereocenters. The van der Waals surface area contributed by atoms with Gasteiger partial charge >= 0.3 is 0 Å². The summed E-state index contributed by atoms with van der Waals surface area (Å²) < 4.78 is 0. The Morgan fingerprint density at radius 3 is 1.12 bits per heavy atom. The van der Waals surface area contributed by atoms with Crippen LogP contribution in [0.2, 0.25) is 0 Å². The van der Waals surface area contributed by atoms with Gasteiger partial charge in [0.15, 0.2) is 20.0 Å². The molecule has 0 aliphatic rings. The van der Waals surface area contributed by atoms with Crippen LogP contribution in [0.5, 0.6) is 0 Å². The molecule has 0 spiro atoms. The molecule has 0 fully saturated rings. The average molecular weight is 657 g/mol. The molecule has 0 aliphatic heterocycles. The minimum absolute atomic E-state index is 0.719. The Labute approximate surface area is 281 Å². The van der Waals surface area contributed by atoms with Crippen molar-refractivity contribution in [1.29, 1.82) is 0 Å². The van der Waals surface area contributed by atoms with E-state index in [4.69, 9.17) is 19.9 Å². The maximum Gasteiger partial charge on any atom is 0.166 e. The highest BCUT2D eigenvalue weighted by atomic mass is 32.1. The number of nitrogens with zero attached hydrogens (tertiary/aromatic N) is 10. The molecule has 0 amide bonds. The number of rotatable bonds is 6. The fourth-order valence-corrected chi connectivity index (χ4v) is 6.90. The first kappa shape index (κ1) is 28.0. The smallest absolute Gasteiger partial charge is 0.166 e. The van der Waals surface area contributed by atoms with Gasteiger partial charge in [-0.25, -0.2) is 19.9 Å². The summed E-state index contributed by atoms with van der Waals surface area (Å²) in [7, 11) is 0. The SMILES string of the molecule is c1ccc(-c2cccc(-c3nnc(-c4ccc5c(ccc6nc(-c7nnc(-c8cccc(-c9ccccn9)n8)s7)ccc65)n4)s3)n2)nc1. The Morgan fingerprint density at radius 2 is 0.708 bits per heavy atom. The molecule has 9 rings (SSSR count). The van der Waals surface area contributed by atoms with Crippen molar-refractivity contribution in [3.63, 3.8) is 0 Å². The predicted octanol–water partition coefficient (Wildman–Crippen LogP) is 8.07. The van der Waals surface area contributed by atoms with Crippen molar-refractivity contribution in [2.24, 2.45) is 0 Å². The van der Waals surface area contributed by atoms with E-state index in [-0.39, 0.29) is 0 Å². The van der Waals surface area contributed by atoms with Crippen LogP contribution in [0, 0.1) is 0 Å². The van der Waals surface area contributed by atoms with Gasteiger partial charge in [0.25, 0.3) is 0 Å². The first-order valence-electron chi connectivity index (χ1n) is 14.9. The van der Waals surface area contributed by atoms with Crippen molar-refractivity contribution in [3.05, 3.63) is 122 Å². The third-order valence-electron chi connectivity index (χ3n) is 7.62. The maximum absolute atomic E-state index is 4.93. The van der Waals surface area contributed by atoms with Crippen molar-refractivity contribution >= 4 is 44.5 Å². The topological polar surface area (TPSA) is 129 Å². The highest BCUT2D eigenvalue weighted by Gasteiger charge is 2.16. The van der Waals surface area contributed by atoms with E-state index >= 15 is 0 Å². The molecule has 226 valence electrons. The van der Waals surface area contributed by atoms with Crippen LogP contribution in [0.15, 0.2) is 122 Å². The van der Waals surface area contributed by atoms with Crippen LogP contribution < -0.4 is 0 Å². The zero-order valence-electron chi connectivity index (χ0n) is 24.8. The number of fused-ring (bicyclic) bond motifs is 3. The van der Waals surface area contributed by atoms with Crippen molar-refractivity contribution in [1.82, 2.24) is 50.3 Å². The van der Waals surface area contributed by atoms with Gasteiger partial charge in [0.2, 0.25) is 0 Å². The van der Waals surface area contributed by atoms with Crippen molar-refractivity contribution in [2.45, 2.75) is 0 Å². The molecule has 0 atom stereocenters. The van der Waals surface area contributed by atoms with Gasteiger partial charge in [0.05, 0.1) is 33.8 Å². The van der Waals surface area contributed by atoms with Crippen LogP contribution in [0.4, 0.5) is 0 Å². The quantitative estimate of drug-likeness (QED) is 0.162. The first-order chi connectivity index (χ1) is 23.7. The lowest BCUT2D eigenvalue weighted by Crippen LogP contribution is -1.89. The van der Waals surface area contributed by atoms with Gasteiger partial charge in [-0.05, 0) is 84.9 Å². The zero-order valence-corrected chi connectivity index (χ0v) is 26.5. The summed E-state index contributed by atoms with van der Waals surface area (Å²) in [5, 5.41) is 22.6. The molecule has 0 bridgehead atoms. The van der Waals surface area contributed by atoms with Gasteiger partial charge in [-0.3, -0.25) is 9.97 Å². The van der Waals surface area contributed by atoms with E-state index < -0.39 is 0 Å². The monoisotopic (exact) mass is 656 g/mol. The molecule has 1 aromatic carbocycles. The van der Waals surface area contributed by atoms with E-state index in [1.165, 1.54) is 22.7 Å². The van der Waals surface area contributed by atoms with E-state index in [0.717, 1.165) is 87.4 Å². The molecule has 8 heterocycles. The van der Waals surface area contributed by atoms with Crippen LogP contribution in [-0.4, -0.2) is 50.3 Å². The van der Waals surface area contributed by atoms with Gasteiger partial charge in [0.1, 0.15) is 22.8 Å². The lowest BCUT2D eigenvalue weighted by atomic mass is 10.1. The Kier molecular flexibility index (Phi) is 6.91. The molecule has 0 saturated heterocycles. The predicted molar refractivity (Wildman–Crippen MR) is 188 cm³/mol. The summed E-state index contributed by atoms with van der Waals surface area (Å²) in [6, 6.07) is 35.2. The molecule has 0 saturated carbocycles. The average Bonchev–Trinajstić information content (AvgIpc) is 3.87. The maximum atomic E-state index is 4.93. The number of aromatic nitrogens is 10. The summed E-state index contributed by atoms with van der Waals surface area (Å²) in [5.41, 5.74) is 7.86. The molecule has 9 aromatic rings. The molecule has 48 heavy (non-hydrogen) atoms. The van der Waals surface area contributed by atoms with Crippen molar-refractivity contribution < 1.29 is 0 Å². The second kappa shape index (κ2) is 11.8. The Balaban J connectivity index is 0.989. The second-order valence-electron chi connectivity index (χ2n) is 10.7. The zero-order chi connectivity index (χ0) is 31.9. The second-order valence-corrected chi connectivity index (χ2v) is 12.6. The Morgan fingerprint density at radius 1 is 0.312 bits per heavy atom. The van der Waals surface area contributed by atoms with Crippen LogP contribution in [0.3, 0.4) is 0 Å². The normalized spacial score (nSPS) is 11.3. The molecule has 12 heteroatoms. The van der Waals surface area contributed by atoms with Crippen molar-refractivity contribution in [2.75, 3.05) is 0 Å². The minimum Gasteiger partial charge on any atom is -0.255 e. The van der Waals surface area contributed by atoms with Gasteiger partial charge in [-0.15, -0.1) is 20.4 Å². The van der Waals surface area contributed by atoms with Gasteiger partial charge < -0.3 is 0 Å². The fourth-order valence-electron chi connectivity index (χ4n) is 5.34. The number of pyridine rings is 6. The lowest BCUT2D eigenvalue weighted by Gasteiger charge is -2.05. The summed E-state index contributed by atoms with van der Waals surface area (Å²) in [4.78, 5) is 28.2. The largest absolute Gasteiger partial charge is 0.255 e. The van der Waals surface area contributed by atoms with E-state index in [1.807, 2.05) is 97.1 Å². The standard InChI is InChI=1S/C36H20N10S2/c1-3-19-37-25(7-1)27-9-5-11-29(41-27)33-43-45-35(47-33)31-15-13-21-22-14-16-32(40-24(22)18-17-23(21)39-31)36-46-44-34(48-36)30-12-6-10-28(42-30)26-8-2-4-20-38-26/h1-20H. The highest BCUT2D eigenvalue weighted by molar-refractivity contribution is 7.18. The van der Waals surface area contributed by atoms with E-state index in [1.54, 1.807) is 12.4 Å². The first-order valence-corrected chi connectivity index (χ1v) is 16.5. The Bertz CT molecular complexity index is 2410. The number of benzene rings is 1. The summed E-state index contributed by atoms with van der Waals surface area (Å²) >= 11 is 2.91. The van der Waals surface area contributed by atoms with Gasteiger partial charge in [-0.1, -0.05) is 46.9 Å². The van der Waals surface area contributed by atoms with E-state index in [2.05, 4.69) is 42.5 Å². The molecular formula is C36H20N10S2. The van der Waals surface area contributed by atoms with Crippen LogP contribution in [-0.2, 0) is 0 Å². The van der Waals surface area contributed by atoms with Crippen LogP contribution in [0.25, 0.3) is 87.4 Å². The molecule has 0 radical (unpaired) electrons. The van der Waals surface area contributed by atoms with Gasteiger partial charge in [0, 0.05) is 23.2 Å². The Hall–Kier alpha value is -6.24. The highest BCUT2D eigenvalue weighted by Crippen LogP contribution is 2.34. The number of hydrogen-bond donors (Lipinski definition) is 0. The third kappa shape index (κ3) is 5.24. The fraction of sp³-hybridized carbons (Fsp3) is 0. The third-order valence-corrected chi connectivity index (χ3v) is 9.55. The summed E-state index contributed by atoms with van der Waals surface area (Å²) in [6.45, 7) is 0. The minimum atomic E-state index is 0.719. The number of hydrogen-bond acceptors (Lipinski definition) is 12. The van der Waals surface area contributed by atoms with Crippen LogP contribution in [0.1, 0.15) is 0 Å². The molecule has 8 aromatic heterocycles. The summed E-state index contributed by atoms with van der Waals surface area (Å²) in [6.07, 6.45) is 3.52. The molecule has 0 aliphatic carbocycles. The molecule has 10 nitrogen and oxygen atoms in total. The molecular weight excluding hydrogens is 637 g/mol. The van der Waals surface area contributed by atoms with E-state index in [0.29, 0.717) is 0 Å². The van der Waals surface area contributed by atoms with E-state index in [9.17, 15) is 0 Å². The van der Waals surface area contributed by atoms with Gasteiger partial charge in [-0.2, -0.15) is 0 Å². The van der Waals surface area contributed by atoms with Crippen LogP contribution >= 0.6 is 22.7 Å². The lowest BCUT2D eigenvalue weighted by molar-refractivity contribution is 1.08. The summed E-state index contributed by atoms with van der Waals surface area (Å²) in [5.74, 6) is 0. The molecule has 0 N–H and O–H groups in total. The van der Waals surface area contributed by atoms with Crippen molar-refractivity contribution in [3.8, 4) is 65.6 Å².